The maximum atomic E-state index is 9.55. The number of likely N-dealkylation sites (tertiary alicyclic amines) is 1. The van der Waals surface area contributed by atoms with Gasteiger partial charge in [0, 0.05) is 42.1 Å². The van der Waals surface area contributed by atoms with Crippen LogP contribution < -0.4 is 5.32 Å². The predicted molar refractivity (Wildman–Crippen MR) is 134 cm³/mol. The molecule has 0 aromatic heterocycles. The van der Waals surface area contributed by atoms with E-state index in [1.54, 1.807) is 0 Å². The number of allylic oxidation sites excluding steroid dienone is 1. The summed E-state index contributed by atoms with van der Waals surface area (Å²) < 4.78 is 0. The Bertz CT molecular complexity index is 586. The summed E-state index contributed by atoms with van der Waals surface area (Å²) in [7, 11) is 0. The van der Waals surface area contributed by atoms with Crippen LogP contribution in [0.15, 0.2) is 11.1 Å². The topological polar surface area (TPSA) is 35.5 Å². The maximum absolute atomic E-state index is 9.55. The van der Waals surface area contributed by atoms with E-state index < -0.39 is 0 Å². The molecule has 5 heteroatoms. The quantitative estimate of drug-likeness (QED) is 0.432. The van der Waals surface area contributed by atoms with Crippen molar-refractivity contribution in [1.29, 1.82) is 0 Å². The molecule has 180 valence electrons. The van der Waals surface area contributed by atoms with Gasteiger partial charge in [0.1, 0.15) is 0 Å². The number of nitrogens with zero attached hydrogens (tertiary/aromatic N) is 1. The molecule has 2 fully saturated rings. The molecule has 1 saturated carbocycles. The lowest BCUT2D eigenvalue weighted by Gasteiger charge is -2.49. The third-order valence-corrected chi connectivity index (χ3v) is 9.08. The summed E-state index contributed by atoms with van der Waals surface area (Å²) in [6, 6.07) is 0.497. The Balaban J connectivity index is 1.51. The lowest BCUT2D eigenvalue weighted by atomic mass is 9.64. The van der Waals surface area contributed by atoms with E-state index in [-0.39, 0.29) is 12.5 Å². The van der Waals surface area contributed by atoms with Crippen molar-refractivity contribution in [1.82, 2.24) is 10.2 Å². The van der Waals surface area contributed by atoms with Crippen LogP contribution in [0.5, 0.6) is 0 Å². The molecule has 31 heavy (non-hydrogen) atoms. The van der Waals surface area contributed by atoms with Crippen molar-refractivity contribution in [3.8, 4) is 0 Å². The fourth-order valence-corrected chi connectivity index (χ4v) is 7.21. The van der Waals surface area contributed by atoms with Gasteiger partial charge in [-0.25, -0.2) is 0 Å². The number of halogens is 2. The molecule has 2 N–H and O–H groups in total. The second-order valence-corrected chi connectivity index (χ2v) is 12.9. The number of hydrogen-bond acceptors (Lipinski definition) is 3. The van der Waals surface area contributed by atoms with Gasteiger partial charge in [0.05, 0.1) is 0 Å². The van der Waals surface area contributed by atoms with Crippen molar-refractivity contribution < 1.29 is 5.11 Å². The van der Waals surface area contributed by atoms with Gasteiger partial charge in [-0.05, 0) is 87.1 Å². The lowest BCUT2D eigenvalue weighted by molar-refractivity contribution is 0.00460. The first-order chi connectivity index (χ1) is 14.7. The number of rotatable bonds is 8. The highest BCUT2D eigenvalue weighted by Gasteiger charge is 2.41. The molecule has 0 aromatic rings. The van der Waals surface area contributed by atoms with E-state index >= 15 is 0 Å². The smallest absolute Gasteiger partial charge is 0.0494 e. The molecule has 0 aromatic carbocycles. The molecular formula is C26H46Cl2N2O. The normalized spacial score (nSPS) is 35.7. The summed E-state index contributed by atoms with van der Waals surface area (Å²) >= 11 is 12.7. The van der Waals surface area contributed by atoms with Crippen molar-refractivity contribution in [2.24, 2.45) is 35.0 Å². The highest BCUT2D eigenvalue weighted by atomic mass is 35.5. The number of aliphatic hydroxyl groups excluding tert-OH is 1. The molecular weight excluding hydrogens is 427 g/mol. The van der Waals surface area contributed by atoms with Crippen molar-refractivity contribution >= 4 is 23.2 Å². The Hall–Kier alpha value is 0.200. The molecule has 3 unspecified atom stereocenters. The number of nitrogens with one attached hydrogen (secondary N) is 1. The van der Waals surface area contributed by atoms with E-state index in [1.165, 1.54) is 45.2 Å². The number of aliphatic hydroxyl groups is 1. The Labute approximate surface area is 201 Å². The molecule has 0 radical (unpaired) electrons. The van der Waals surface area contributed by atoms with E-state index in [0.29, 0.717) is 28.7 Å². The molecule has 4 atom stereocenters. The minimum absolute atomic E-state index is 0.205. The standard InChI is InChI=1S/C26H46Cl2N2O/c1-18(2)25(29-14-19-11-20(16-31)13-23(28)12-19)15-30-10-9-24(26(3,4)17-30)21-5-7-22(27)8-6-21/h13,18-22,24-25,29,31H,5-12,14-17H2,1-4H3/t19?,20?,21?,22?,24?,25-/m0/s1. The summed E-state index contributed by atoms with van der Waals surface area (Å²) in [5, 5.41) is 14.8. The molecule has 0 spiro atoms. The first-order valence-corrected chi connectivity index (χ1v) is 13.6. The zero-order valence-corrected chi connectivity index (χ0v) is 21.8. The highest BCUT2D eigenvalue weighted by Crippen LogP contribution is 2.45. The lowest BCUT2D eigenvalue weighted by Crippen LogP contribution is -2.53. The van der Waals surface area contributed by atoms with Crippen molar-refractivity contribution in [3.05, 3.63) is 11.1 Å². The summed E-state index contributed by atoms with van der Waals surface area (Å²) in [6.07, 6.45) is 10.4. The molecule has 3 nitrogen and oxygen atoms in total. The number of hydrogen-bond donors (Lipinski definition) is 2. The summed E-state index contributed by atoms with van der Waals surface area (Å²) in [5.74, 6) is 3.05. The fourth-order valence-electron chi connectivity index (χ4n) is 6.56. The molecule has 0 bridgehead atoms. The zero-order valence-electron chi connectivity index (χ0n) is 20.3. The SMILES string of the molecule is CC(C)[C@H](CN1CCC(C2CCC(Cl)CC2)C(C)(C)C1)NCC1CC(Cl)=CC(CO)C1. The minimum atomic E-state index is 0.205. The molecule has 1 aliphatic heterocycles. The molecule has 2 aliphatic carbocycles. The molecule has 0 amide bonds. The highest BCUT2D eigenvalue weighted by molar-refractivity contribution is 6.29. The van der Waals surface area contributed by atoms with Gasteiger partial charge in [-0.2, -0.15) is 0 Å². The van der Waals surface area contributed by atoms with Gasteiger partial charge in [0.25, 0.3) is 0 Å². The average molecular weight is 474 g/mol. The molecule has 1 heterocycles. The van der Waals surface area contributed by atoms with E-state index in [0.717, 1.165) is 42.8 Å². The van der Waals surface area contributed by atoms with Crippen LogP contribution in [0.4, 0.5) is 0 Å². The van der Waals surface area contributed by atoms with Gasteiger partial charge in [0.15, 0.2) is 0 Å². The molecule has 3 rings (SSSR count). The van der Waals surface area contributed by atoms with Crippen LogP contribution in [0.25, 0.3) is 0 Å². The van der Waals surface area contributed by atoms with Gasteiger partial charge < -0.3 is 15.3 Å². The first-order valence-electron chi connectivity index (χ1n) is 12.7. The van der Waals surface area contributed by atoms with E-state index in [4.69, 9.17) is 23.2 Å². The number of piperidine rings is 1. The van der Waals surface area contributed by atoms with Gasteiger partial charge in [-0.3, -0.25) is 0 Å². The van der Waals surface area contributed by atoms with Gasteiger partial charge in [-0.1, -0.05) is 45.4 Å². The van der Waals surface area contributed by atoms with E-state index in [1.807, 2.05) is 6.08 Å². The molecule has 3 aliphatic rings. The second-order valence-electron chi connectivity index (χ2n) is 11.8. The van der Waals surface area contributed by atoms with Gasteiger partial charge in [0.2, 0.25) is 0 Å². The van der Waals surface area contributed by atoms with Crippen LogP contribution in [0.2, 0.25) is 0 Å². The van der Waals surface area contributed by atoms with Gasteiger partial charge >= 0.3 is 0 Å². The minimum Gasteiger partial charge on any atom is -0.396 e. The molecule has 1 saturated heterocycles. The summed E-state index contributed by atoms with van der Waals surface area (Å²) in [4.78, 5) is 2.71. The third-order valence-electron chi connectivity index (χ3n) is 8.36. The van der Waals surface area contributed by atoms with Crippen molar-refractivity contribution in [2.45, 2.75) is 84.1 Å². The number of alkyl halides is 1. The first kappa shape index (κ1) is 25.8. The van der Waals surface area contributed by atoms with Crippen LogP contribution in [0.1, 0.15) is 72.6 Å². The van der Waals surface area contributed by atoms with E-state index in [2.05, 4.69) is 37.9 Å². The van der Waals surface area contributed by atoms with Crippen molar-refractivity contribution in [3.63, 3.8) is 0 Å². The Morgan fingerprint density at radius 1 is 1.19 bits per heavy atom. The Morgan fingerprint density at radius 2 is 1.90 bits per heavy atom. The predicted octanol–water partition coefficient (Wildman–Crippen LogP) is 5.89. The van der Waals surface area contributed by atoms with Crippen LogP contribution in [0.3, 0.4) is 0 Å². The fraction of sp³-hybridized carbons (Fsp3) is 0.923. The van der Waals surface area contributed by atoms with Crippen LogP contribution in [0, 0.1) is 35.0 Å². The third kappa shape index (κ3) is 7.34. The maximum Gasteiger partial charge on any atom is 0.0494 e. The zero-order chi connectivity index (χ0) is 22.6. The van der Waals surface area contributed by atoms with Crippen LogP contribution >= 0.6 is 23.2 Å². The van der Waals surface area contributed by atoms with E-state index in [9.17, 15) is 5.11 Å². The average Bonchev–Trinajstić information content (AvgIpc) is 2.70. The summed E-state index contributed by atoms with van der Waals surface area (Å²) in [6.45, 7) is 14.4. The Morgan fingerprint density at radius 3 is 2.52 bits per heavy atom. The largest absolute Gasteiger partial charge is 0.396 e. The van der Waals surface area contributed by atoms with Crippen molar-refractivity contribution in [2.75, 3.05) is 32.8 Å². The summed E-state index contributed by atoms with van der Waals surface area (Å²) in [5.41, 5.74) is 0.375. The van der Waals surface area contributed by atoms with Gasteiger partial charge in [-0.15, -0.1) is 11.6 Å². The Kier molecular flexibility index (Phi) is 9.63. The van der Waals surface area contributed by atoms with Crippen LogP contribution in [-0.4, -0.2) is 54.2 Å². The second kappa shape index (κ2) is 11.6. The van der Waals surface area contributed by atoms with Crippen LogP contribution in [-0.2, 0) is 0 Å². The monoisotopic (exact) mass is 472 g/mol.